The third-order valence-electron chi connectivity index (χ3n) is 3.95. The zero-order valence-corrected chi connectivity index (χ0v) is 15.5. The van der Waals surface area contributed by atoms with Crippen molar-refractivity contribution in [1.29, 1.82) is 0 Å². The largest absolute Gasteiger partial charge is 0.496 e. The summed E-state index contributed by atoms with van der Waals surface area (Å²) in [6.45, 7) is 0.841. The second-order valence-electron chi connectivity index (χ2n) is 5.73. The number of halogens is 1. The molecule has 2 aromatic carbocycles. The molecular formula is C20H19ClN4O2. The molecule has 138 valence electrons. The number of para-hydroxylation sites is 1. The number of anilines is 1. The summed E-state index contributed by atoms with van der Waals surface area (Å²) in [7, 11) is 1.60. The van der Waals surface area contributed by atoms with Crippen LogP contribution in [-0.4, -0.2) is 23.0 Å². The van der Waals surface area contributed by atoms with Crippen LogP contribution in [0.5, 0.6) is 5.75 Å². The molecule has 0 aliphatic heterocycles. The van der Waals surface area contributed by atoms with Crippen molar-refractivity contribution in [2.24, 2.45) is 0 Å². The van der Waals surface area contributed by atoms with E-state index in [0.29, 0.717) is 23.9 Å². The van der Waals surface area contributed by atoms with Gasteiger partial charge in [0.1, 0.15) is 23.6 Å². The molecule has 0 saturated carbocycles. The molecule has 0 spiro atoms. The normalized spacial score (nSPS) is 10.3. The Morgan fingerprint density at radius 1 is 1.04 bits per heavy atom. The highest BCUT2D eigenvalue weighted by molar-refractivity contribution is 6.31. The molecule has 0 radical (unpaired) electrons. The van der Waals surface area contributed by atoms with E-state index in [1.54, 1.807) is 13.2 Å². The van der Waals surface area contributed by atoms with Crippen LogP contribution in [-0.2, 0) is 13.1 Å². The molecule has 0 saturated heterocycles. The predicted octanol–water partition coefficient (Wildman–Crippen LogP) is 3.68. The Balaban J connectivity index is 1.62. The van der Waals surface area contributed by atoms with E-state index >= 15 is 0 Å². The van der Waals surface area contributed by atoms with Gasteiger partial charge in [0, 0.05) is 29.7 Å². The molecule has 0 bridgehead atoms. The van der Waals surface area contributed by atoms with Crippen molar-refractivity contribution in [2.75, 3.05) is 12.4 Å². The van der Waals surface area contributed by atoms with Crippen LogP contribution in [0, 0.1) is 0 Å². The van der Waals surface area contributed by atoms with Crippen molar-refractivity contribution in [1.82, 2.24) is 15.3 Å². The van der Waals surface area contributed by atoms with E-state index in [0.717, 1.165) is 16.9 Å². The number of hydrogen-bond acceptors (Lipinski definition) is 5. The number of nitrogens with one attached hydrogen (secondary N) is 2. The molecule has 0 unspecified atom stereocenters. The number of rotatable bonds is 7. The Hall–Kier alpha value is -3.12. The third kappa shape index (κ3) is 4.95. The van der Waals surface area contributed by atoms with E-state index in [4.69, 9.17) is 16.3 Å². The lowest BCUT2D eigenvalue weighted by molar-refractivity contribution is 0.0945. The van der Waals surface area contributed by atoms with E-state index < -0.39 is 0 Å². The van der Waals surface area contributed by atoms with Gasteiger partial charge in [-0.2, -0.15) is 0 Å². The Labute approximate surface area is 162 Å². The first-order chi connectivity index (χ1) is 13.2. The van der Waals surface area contributed by atoms with Crippen molar-refractivity contribution >= 4 is 23.3 Å². The molecular weight excluding hydrogens is 364 g/mol. The molecule has 1 amide bonds. The molecule has 6 nitrogen and oxygen atoms in total. The van der Waals surface area contributed by atoms with Crippen LogP contribution in [0.25, 0.3) is 0 Å². The molecule has 0 atom stereocenters. The molecule has 1 aromatic heterocycles. The lowest BCUT2D eigenvalue weighted by atomic mass is 10.2. The van der Waals surface area contributed by atoms with Gasteiger partial charge < -0.3 is 15.4 Å². The van der Waals surface area contributed by atoms with Crippen LogP contribution >= 0.6 is 11.6 Å². The van der Waals surface area contributed by atoms with Crippen LogP contribution in [0.2, 0.25) is 5.02 Å². The number of benzene rings is 2. The number of aromatic nitrogens is 2. The summed E-state index contributed by atoms with van der Waals surface area (Å²) in [4.78, 5) is 20.6. The SMILES string of the molecule is COc1ccccc1CNC(=O)c1cc(NCc2ccccc2Cl)ncn1. The Morgan fingerprint density at radius 2 is 1.78 bits per heavy atom. The molecule has 27 heavy (non-hydrogen) atoms. The number of carbonyl (C=O) groups is 1. The topological polar surface area (TPSA) is 76.1 Å². The zero-order valence-electron chi connectivity index (χ0n) is 14.8. The molecule has 3 rings (SSSR count). The van der Waals surface area contributed by atoms with E-state index in [-0.39, 0.29) is 11.6 Å². The molecule has 3 aromatic rings. The first-order valence-electron chi connectivity index (χ1n) is 8.37. The van der Waals surface area contributed by atoms with Crippen LogP contribution < -0.4 is 15.4 Å². The van der Waals surface area contributed by atoms with Gasteiger partial charge in [-0.15, -0.1) is 0 Å². The van der Waals surface area contributed by atoms with Gasteiger partial charge in [0.05, 0.1) is 7.11 Å². The fourth-order valence-electron chi connectivity index (χ4n) is 2.52. The highest BCUT2D eigenvalue weighted by Crippen LogP contribution is 2.18. The smallest absolute Gasteiger partial charge is 0.270 e. The number of hydrogen-bond donors (Lipinski definition) is 2. The first-order valence-corrected chi connectivity index (χ1v) is 8.74. The molecule has 7 heteroatoms. The summed E-state index contributed by atoms with van der Waals surface area (Å²) in [6.07, 6.45) is 1.35. The number of carbonyl (C=O) groups excluding carboxylic acids is 1. The van der Waals surface area contributed by atoms with Gasteiger partial charge in [-0.25, -0.2) is 9.97 Å². The van der Waals surface area contributed by atoms with Crippen LogP contribution in [0.3, 0.4) is 0 Å². The van der Waals surface area contributed by atoms with Crippen molar-refractivity contribution < 1.29 is 9.53 Å². The van der Waals surface area contributed by atoms with E-state index in [2.05, 4.69) is 20.6 Å². The fourth-order valence-corrected chi connectivity index (χ4v) is 2.72. The average Bonchev–Trinajstić information content (AvgIpc) is 2.72. The quantitative estimate of drug-likeness (QED) is 0.651. The first kappa shape index (κ1) is 18.7. The van der Waals surface area contributed by atoms with Crippen LogP contribution in [0.15, 0.2) is 60.9 Å². The fraction of sp³-hybridized carbons (Fsp3) is 0.150. The Bertz CT molecular complexity index is 933. The summed E-state index contributed by atoms with van der Waals surface area (Å²) >= 11 is 6.15. The number of nitrogens with zero attached hydrogens (tertiary/aromatic N) is 2. The summed E-state index contributed by atoms with van der Waals surface area (Å²) < 4.78 is 5.29. The van der Waals surface area contributed by atoms with Crippen LogP contribution in [0.1, 0.15) is 21.6 Å². The summed E-state index contributed by atoms with van der Waals surface area (Å²) in [5.41, 5.74) is 2.11. The van der Waals surface area contributed by atoms with Crippen molar-refractivity contribution in [3.05, 3.63) is 82.8 Å². The third-order valence-corrected chi connectivity index (χ3v) is 4.32. The van der Waals surface area contributed by atoms with E-state index in [1.165, 1.54) is 6.33 Å². The molecule has 0 fully saturated rings. The van der Waals surface area contributed by atoms with Gasteiger partial charge in [0.25, 0.3) is 5.91 Å². The zero-order chi connectivity index (χ0) is 19.1. The van der Waals surface area contributed by atoms with Gasteiger partial charge in [0.2, 0.25) is 0 Å². The van der Waals surface area contributed by atoms with Crippen molar-refractivity contribution in [3.8, 4) is 5.75 Å². The standard InChI is InChI=1S/C20H19ClN4O2/c1-27-18-9-5-3-7-15(18)12-23-20(26)17-10-19(25-13-24-17)22-11-14-6-2-4-8-16(14)21/h2-10,13H,11-12H2,1H3,(H,23,26)(H,22,24,25). The Morgan fingerprint density at radius 3 is 2.56 bits per heavy atom. The highest BCUT2D eigenvalue weighted by Gasteiger charge is 2.10. The lowest BCUT2D eigenvalue weighted by Gasteiger charge is -2.10. The van der Waals surface area contributed by atoms with Crippen molar-refractivity contribution in [3.63, 3.8) is 0 Å². The maximum Gasteiger partial charge on any atom is 0.270 e. The Kier molecular flexibility index (Phi) is 6.22. The minimum atomic E-state index is -0.288. The maximum absolute atomic E-state index is 12.4. The second-order valence-corrected chi connectivity index (χ2v) is 6.14. The summed E-state index contributed by atoms with van der Waals surface area (Å²) in [6, 6.07) is 16.7. The predicted molar refractivity (Wildman–Crippen MR) is 105 cm³/mol. The minimum Gasteiger partial charge on any atom is -0.496 e. The van der Waals surface area contributed by atoms with Gasteiger partial charge >= 0.3 is 0 Å². The van der Waals surface area contributed by atoms with Gasteiger partial charge in [-0.3, -0.25) is 4.79 Å². The maximum atomic E-state index is 12.4. The highest BCUT2D eigenvalue weighted by atomic mass is 35.5. The van der Waals surface area contributed by atoms with Gasteiger partial charge in [0.15, 0.2) is 0 Å². The van der Waals surface area contributed by atoms with E-state index in [9.17, 15) is 4.79 Å². The lowest BCUT2D eigenvalue weighted by Crippen LogP contribution is -2.24. The van der Waals surface area contributed by atoms with Gasteiger partial charge in [-0.1, -0.05) is 48.0 Å². The number of amides is 1. The summed E-state index contributed by atoms with van der Waals surface area (Å²) in [5, 5.41) is 6.67. The van der Waals surface area contributed by atoms with Crippen molar-refractivity contribution in [2.45, 2.75) is 13.1 Å². The minimum absolute atomic E-state index is 0.279. The monoisotopic (exact) mass is 382 g/mol. The van der Waals surface area contributed by atoms with Gasteiger partial charge in [-0.05, 0) is 17.7 Å². The molecule has 0 aliphatic carbocycles. The molecule has 0 aliphatic rings. The second kappa shape index (κ2) is 9.00. The van der Waals surface area contributed by atoms with Crippen LogP contribution in [0.4, 0.5) is 5.82 Å². The van der Waals surface area contributed by atoms with E-state index in [1.807, 2.05) is 48.5 Å². The number of methoxy groups -OCH3 is 1. The number of ether oxygens (including phenoxy) is 1. The summed E-state index contributed by atoms with van der Waals surface area (Å²) in [5.74, 6) is 0.985. The molecule has 2 N–H and O–H groups in total. The average molecular weight is 383 g/mol. The molecule has 1 heterocycles.